The SMILES string of the molecule is C=C(C(C)(O)CCC)C(C)(O)CCC. The van der Waals surface area contributed by atoms with Crippen LogP contribution in [0.25, 0.3) is 0 Å². The van der Waals surface area contributed by atoms with E-state index in [1.54, 1.807) is 13.8 Å². The van der Waals surface area contributed by atoms with Gasteiger partial charge in [0.15, 0.2) is 0 Å². The first kappa shape index (κ1) is 13.7. The lowest BCUT2D eigenvalue weighted by atomic mass is 9.79. The second-order valence-corrected chi connectivity index (χ2v) is 4.53. The summed E-state index contributed by atoms with van der Waals surface area (Å²) in [5.74, 6) is 0. The van der Waals surface area contributed by atoms with Gasteiger partial charge in [-0.05, 0) is 32.3 Å². The first-order valence-corrected chi connectivity index (χ1v) is 5.42. The van der Waals surface area contributed by atoms with Crippen molar-refractivity contribution < 1.29 is 10.2 Å². The Balaban J connectivity index is 4.58. The number of aliphatic hydroxyl groups is 2. The molecule has 0 aliphatic heterocycles. The number of hydrogen-bond donors (Lipinski definition) is 2. The Kier molecular flexibility index (Phi) is 4.82. The van der Waals surface area contributed by atoms with Gasteiger partial charge in [-0.1, -0.05) is 33.3 Å². The van der Waals surface area contributed by atoms with E-state index in [-0.39, 0.29) is 0 Å². The molecule has 0 aliphatic carbocycles. The monoisotopic (exact) mass is 200 g/mol. The van der Waals surface area contributed by atoms with E-state index in [4.69, 9.17) is 0 Å². The lowest BCUT2D eigenvalue weighted by Gasteiger charge is -2.35. The van der Waals surface area contributed by atoms with Crippen molar-refractivity contribution in [3.8, 4) is 0 Å². The zero-order valence-corrected chi connectivity index (χ0v) is 9.93. The standard InChI is InChI=1S/C12H24O2/c1-6-8-11(4,13)10(3)12(5,14)9-7-2/h13-14H,3,6-9H2,1-2,4-5H3. The topological polar surface area (TPSA) is 40.5 Å². The highest BCUT2D eigenvalue weighted by Crippen LogP contribution is 2.32. The van der Waals surface area contributed by atoms with E-state index >= 15 is 0 Å². The van der Waals surface area contributed by atoms with Crippen LogP contribution in [-0.2, 0) is 0 Å². The van der Waals surface area contributed by atoms with Gasteiger partial charge in [-0.2, -0.15) is 0 Å². The summed E-state index contributed by atoms with van der Waals surface area (Å²) in [7, 11) is 0. The molecule has 2 atom stereocenters. The van der Waals surface area contributed by atoms with Crippen molar-refractivity contribution in [1.82, 2.24) is 0 Å². The van der Waals surface area contributed by atoms with Crippen LogP contribution in [0.3, 0.4) is 0 Å². The van der Waals surface area contributed by atoms with Crippen LogP contribution in [0.4, 0.5) is 0 Å². The molecule has 2 unspecified atom stereocenters. The molecule has 2 heteroatoms. The van der Waals surface area contributed by atoms with Gasteiger partial charge in [0.05, 0.1) is 11.2 Å². The van der Waals surface area contributed by atoms with Gasteiger partial charge in [0.1, 0.15) is 0 Å². The maximum Gasteiger partial charge on any atom is 0.0853 e. The van der Waals surface area contributed by atoms with Crippen molar-refractivity contribution in [1.29, 1.82) is 0 Å². The highest BCUT2D eigenvalue weighted by Gasteiger charge is 2.35. The lowest BCUT2D eigenvalue weighted by molar-refractivity contribution is 0.0116. The second kappa shape index (κ2) is 4.94. The average Bonchev–Trinajstić information content (AvgIpc) is 2.02. The molecule has 0 radical (unpaired) electrons. The Labute approximate surface area is 87.7 Å². The molecule has 14 heavy (non-hydrogen) atoms. The summed E-state index contributed by atoms with van der Waals surface area (Å²) in [6, 6.07) is 0. The maximum absolute atomic E-state index is 10.1. The van der Waals surface area contributed by atoms with E-state index in [1.807, 2.05) is 13.8 Å². The van der Waals surface area contributed by atoms with E-state index in [9.17, 15) is 10.2 Å². The van der Waals surface area contributed by atoms with Crippen molar-refractivity contribution in [2.45, 2.75) is 64.6 Å². The molecule has 2 N–H and O–H groups in total. The fraction of sp³-hybridized carbons (Fsp3) is 0.833. The largest absolute Gasteiger partial charge is 0.386 e. The van der Waals surface area contributed by atoms with E-state index in [1.165, 1.54) is 0 Å². The molecule has 0 aromatic carbocycles. The lowest BCUT2D eigenvalue weighted by Crippen LogP contribution is -2.40. The summed E-state index contributed by atoms with van der Waals surface area (Å²) in [5, 5.41) is 20.2. The Morgan fingerprint density at radius 2 is 1.29 bits per heavy atom. The predicted octanol–water partition coefficient (Wildman–Crippen LogP) is 2.64. The van der Waals surface area contributed by atoms with Gasteiger partial charge in [-0.25, -0.2) is 0 Å². The van der Waals surface area contributed by atoms with E-state index < -0.39 is 11.2 Å². The zero-order valence-electron chi connectivity index (χ0n) is 9.93. The summed E-state index contributed by atoms with van der Waals surface area (Å²) in [6.07, 6.45) is 3.06. The van der Waals surface area contributed by atoms with Crippen molar-refractivity contribution in [3.05, 3.63) is 12.2 Å². The minimum atomic E-state index is -0.951. The van der Waals surface area contributed by atoms with Gasteiger partial charge in [-0.15, -0.1) is 0 Å². The summed E-state index contributed by atoms with van der Waals surface area (Å²) in [6.45, 7) is 11.3. The van der Waals surface area contributed by atoms with Crippen molar-refractivity contribution in [2.24, 2.45) is 0 Å². The normalized spacial score (nSPS) is 19.9. The molecule has 0 saturated heterocycles. The average molecular weight is 200 g/mol. The molecule has 0 fully saturated rings. The molecular formula is C12H24O2. The van der Waals surface area contributed by atoms with Crippen LogP contribution < -0.4 is 0 Å². The van der Waals surface area contributed by atoms with E-state index in [0.29, 0.717) is 18.4 Å². The van der Waals surface area contributed by atoms with Gasteiger partial charge in [0.25, 0.3) is 0 Å². The maximum atomic E-state index is 10.1. The van der Waals surface area contributed by atoms with Crippen molar-refractivity contribution >= 4 is 0 Å². The minimum Gasteiger partial charge on any atom is -0.386 e. The highest BCUT2D eigenvalue weighted by molar-refractivity contribution is 5.21. The highest BCUT2D eigenvalue weighted by atomic mass is 16.3. The molecule has 0 heterocycles. The third-order valence-electron chi connectivity index (χ3n) is 2.77. The first-order chi connectivity index (χ1) is 6.28. The third-order valence-corrected chi connectivity index (χ3v) is 2.77. The molecule has 0 amide bonds. The minimum absolute atomic E-state index is 0.536. The third kappa shape index (κ3) is 3.43. The molecule has 0 rings (SSSR count). The molecule has 0 spiro atoms. The Morgan fingerprint density at radius 1 is 1.00 bits per heavy atom. The first-order valence-electron chi connectivity index (χ1n) is 5.42. The van der Waals surface area contributed by atoms with Gasteiger partial charge in [-0.3, -0.25) is 0 Å². The van der Waals surface area contributed by atoms with Crippen molar-refractivity contribution in [3.63, 3.8) is 0 Å². The zero-order chi connectivity index (χ0) is 11.4. The van der Waals surface area contributed by atoms with Crippen LogP contribution in [0, 0.1) is 0 Å². The summed E-state index contributed by atoms with van der Waals surface area (Å²) in [4.78, 5) is 0. The molecule has 84 valence electrons. The van der Waals surface area contributed by atoms with Crippen LogP contribution in [0.2, 0.25) is 0 Å². The van der Waals surface area contributed by atoms with Crippen LogP contribution in [-0.4, -0.2) is 21.4 Å². The summed E-state index contributed by atoms with van der Waals surface area (Å²) in [5.41, 5.74) is -1.37. The van der Waals surface area contributed by atoms with Crippen molar-refractivity contribution in [2.75, 3.05) is 0 Å². The smallest absolute Gasteiger partial charge is 0.0853 e. The molecule has 0 saturated carbocycles. The molecular weight excluding hydrogens is 176 g/mol. The quantitative estimate of drug-likeness (QED) is 0.647. The predicted molar refractivity (Wildman–Crippen MR) is 60.2 cm³/mol. The second-order valence-electron chi connectivity index (χ2n) is 4.53. The van der Waals surface area contributed by atoms with Gasteiger partial charge in [0, 0.05) is 0 Å². The van der Waals surface area contributed by atoms with Gasteiger partial charge >= 0.3 is 0 Å². The van der Waals surface area contributed by atoms with Crippen LogP contribution >= 0.6 is 0 Å². The van der Waals surface area contributed by atoms with Crippen LogP contribution in [0.5, 0.6) is 0 Å². The fourth-order valence-electron chi connectivity index (χ4n) is 1.86. The van der Waals surface area contributed by atoms with Crippen LogP contribution in [0.15, 0.2) is 12.2 Å². The fourth-order valence-corrected chi connectivity index (χ4v) is 1.86. The summed E-state index contributed by atoms with van der Waals surface area (Å²) < 4.78 is 0. The molecule has 0 aromatic heterocycles. The molecule has 0 bridgehead atoms. The molecule has 0 aromatic rings. The molecule has 0 aliphatic rings. The summed E-state index contributed by atoms with van der Waals surface area (Å²) >= 11 is 0. The number of rotatable bonds is 6. The van der Waals surface area contributed by atoms with Gasteiger partial charge in [0.2, 0.25) is 0 Å². The Bertz CT molecular complexity index is 172. The number of hydrogen-bond acceptors (Lipinski definition) is 2. The van der Waals surface area contributed by atoms with Gasteiger partial charge < -0.3 is 10.2 Å². The molecule has 2 nitrogen and oxygen atoms in total. The Hall–Kier alpha value is -0.340. The Morgan fingerprint density at radius 3 is 1.50 bits per heavy atom. The van der Waals surface area contributed by atoms with Crippen LogP contribution in [0.1, 0.15) is 53.4 Å². The van der Waals surface area contributed by atoms with E-state index in [2.05, 4.69) is 6.58 Å². The van der Waals surface area contributed by atoms with E-state index in [0.717, 1.165) is 12.8 Å².